The summed E-state index contributed by atoms with van der Waals surface area (Å²) in [4.78, 5) is 124. The number of halogens is 8. The first-order valence-corrected chi connectivity index (χ1v) is 30.5. The number of cyclic esters (lactones) is 3. The summed E-state index contributed by atoms with van der Waals surface area (Å²) in [6.45, 7) is 41.9. The van der Waals surface area contributed by atoms with E-state index < -0.39 is 88.2 Å². The molecule has 3 aliphatic rings. The van der Waals surface area contributed by atoms with Gasteiger partial charge in [0.05, 0.1) is 36.8 Å². The van der Waals surface area contributed by atoms with Gasteiger partial charge in [0.1, 0.15) is 22.2 Å². The third-order valence-corrected chi connectivity index (χ3v) is 12.7. The number of alkyl halides is 6. The van der Waals surface area contributed by atoms with Gasteiger partial charge >= 0.3 is 70.8 Å². The van der Waals surface area contributed by atoms with E-state index in [-0.39, 0.29) is 80.0 Å². The van der Waals surface area contributed by atoms with Gasteiger partial charge in [-0.05, 0) is 195 Å². The largest absolute Gasteiger partial charge is 1.00 e. The average Bonchev–Trinajstić information content (AvgIpc) is 1.83. The summed E-state index contributed by atoms with van der Waals surface area (Å²) in [5, 5.41) is 33.9. The normalized spacial score (nSPS) is 14.9. The first kappa shape index (κ1) is 104. The molecule has 0 radical (unpaired) electrons. The Hall–Kier alpha value is -3.41. The molecule has 0 fully saturated rings. The molecule has 0 bridgehead atoms. The first-order valence-electron chi connectivity index (χ1n) is 26.1. The number of carbonyl (C=O) groups is 10. The molecule has 38 heteroatoms. The zero-order valence-corrected chi connectivity index (χ0v) is 67.9. The van der Waals surface area contributed by atoms with Crippen LogP contribution in [0.25, 0.3) is 26.4 Å². The minimum absolute atomic E-state index is 0. The van der Waals surface area contributed by atoms with Crippen molar-refractivity contribution in [3.8, 4) is 0 Å². The molecular weight excluding hydrogens is 1630 g/mol. The number of ether oxygens (including phenoxy) is 4. The monoisotopic (exact) mass is 1720 g/mol. The van der Waals surface area contributed by atoms with Gasteiger partial charge in [0.25, 0.3) is 0 Å². The zero-order chi connectivity index (χ0) is 74.4. The molecule has 0 spiro atoms. The number of rotatable bonds is 13. The average molecular weight is 1730 g/mol. The van der Waals surface area contributed by atoms with Gasteiger partial charge in [-0.15, -0.1) is 0 Å². The van der Waals surface area contributed by atoms with Crippen molar-refractivity contribution in [3.05, 3.63) is 26.4 Å². The Morgan fingerprint density at radius 3 is 0.934 bits per heavy atom. The van der Waals surface area contributed by atoms with Crippen molar-refractivity contribution < 1.29 is 118 Å². The van der Waals surface area contributed by atoms with E-state index in [4.69, 9.17) is 64.8 Å². The molecule has 0 unspecified atom stereocenters. The SMILES string of the molecule is C.CC(C)(Br)C(=O)Br.CC(C)(Br)C(=O)NC(C)(C)C(=O)O.CC(C)(Br)C(=O)NC(C)(C)C(=O)O.CC(C)(Br)C1=NC(C)(C)C(=O)O1.CC(C)(Br)C1=NC(C)(C)C(=O)O1.CC(C)(N)C(=O)O.CC1(C)N=C(C(C)(C)N=[N+]=[N-])OC1=O.CCOC(=O)Cl.[2H]CF.[N-]=[N+]=[N-].[Na+]. The molecule has 3 aliphatic heterocycles. The fourth-order valence-corrected chi connectivity index (χ4v) is 4.26. The van der Waals surface area contributed by atoms with Gasteiger partial charge in [-0.3, -0.25) is 28.5 Å². The molecule has 0 saturated heterocycles. The number of carbonyl (C=O) groups excluding carboxylic acids is 7. The van der Waals surface area contributed by atoms with Crippen LogP contribution < -0.4 is 45.9 Å². The van der Waals surface area contributed by atoms with Gasteiger partial charge in [-0.1, -0.05) is 92.2 Å². The van der Waals surface area contributed by atoms with Crippen LogP contribution in [-0.4, -0.2) is 165 Å². The predicted octanol–water partition coefficient (Wildman–Crippen LogP) is 10.2. The molecule has 0 saturated carbocycles. The topological polar surface area (TPSA) is 463 Å². The number of carboxylic acid groups (broad SMARTS) is 3. The van der Waals surface area contributed by atoms with Crippen LogP contribution in [0, 0.1) is 0 Å². The third kappa shape index (κ3) is 48.9. The second kappa shape index (κ2) is 43.6. The van der Waals surface area contributed by atoms with E-state index >= 15 is 0 Å². The van der Waals surface area contributed by atoms with Crippen LogP contribution in [0.5, 0.6) is 0 Å². The summed E-state index contributed by atoms with van der Waals surface area (Å²) in [5.74, 6) is -3.70. The molecule has 0 aromatic rings. The van der Waals surface area contributed by atoms with Gasteiger partial charge in [0.2, 0.25) is 34.2 Å². The minimum Gasteiger partial charge on any atom is -0.480 e. The fraction of sp³-hybridized carbons (Fsp3) is 0.755. The third-order valence-electron chi connectivity index (χ3n) is 9.32. The van der Waals surface area contributed by atoms with E-state index in [1.807, 2.05) is 27.7 Å². The van der Waals surface area contributed by atoms with Crippen molar-refractivity contribution in [1.29, 1.82) is 0 Å². The number of esters is 3. The maximum absolute atomic E-state index is 11.4. The Kier molecular flexibility index (Phi) is 49.7. The van der Waals surface area contributed by atoms with Gasteiger partial charge < -0.3 is 61.7 Å². The second-order valence-electron chi connectivity index (χ2n) is 24.0. The van der Waals surface area contributed by atoms with Crippen molar-refractivity contribution in [1.82, 2.24) is 10.6 Å². The summed E-state index contributed by atoms with van der Waals surface area (Å²) in [6.07, 6.45) is 0. The van der Waals surface area contributed by atoms with Crippen molar-refractivity contribution >= 4 is 183 Å². The van der Waals surface area contributed by atoms with Crippen molar-refractivity contribution in [2.45, 2.75) is 241 Å². The van der Waals surface area contributed by atoms with Crippen molar-refractivity contribution in [3.63, 3.8) is 0 Å². The summed E-state index contributed by atoms with van der Waals surface area (Å²) in [5.41, 5.74) is 19.4. The Morgan fingerprint density at radius 2 is 0.835 bits per heavy atom. The number of nitrogens with two attached hydrogens (primary N) is 1. The summed E-state index contributed by atoms with van der Waals surface area (Å²) < 4.78 is 32.0. The molecule has 3 rings (SSSR count). The van der Waals surface area contributed by atoms with E-state index in [2.05, 4.69) is 136 Å². The van der Waals surface area contributed by atoms with Crippen LogP contribution in [0.2, 0.25) is 0 Å². The molecule has 29 nitrogen and oxygen atoms in total. The molecule has 3 heterocycles. The molecule has 0 aromatic heterocycles. The van der Waals surface area contributed by atoms with Crippen LogP contribution in [0.4, 0.5) is 9.18 Å². The number of amides is 2. The van der Waals surface area contributed by atoms with Crippen LogP contribution in [0.3, 0.4) is 0 Å². The van der Waals surface area contributed by atoms with Gasteiger partial charge in [0.15, 0.2) is 16.6 Å². The Labute approximate surface area is 612 Å². The van der Waals surface area contributed by atoms with Crippen LogP contribution in [-0.2, 0) is 62.1 Å². The summed E-state index contributed by atoms with van der Waals surface area (Å²) in [6, 6.07) is 0. The van der Waals surface area contributed by atoms with Gasteiger partial charge in [0, 0.05) is 16.5 Å². The van der Waals surface area contributed by atoms with Crippen LogP contribution in [0.15, 0.2) is 20.1 Å². The number of carboxylic acids is 3. The van der Waals surface area contributed by atoms with E-state index in [1.54, 1.807) is 104 Å². The molecule has 0 atom stereocenters. The van der Waals surface area contributed by atoms with Crippen LogP contribution >= 0.6 is 107 Å². The maximum Gasteiger partial charge on any atom is 1.00 e. The molecular formula is C53H91Br6ClFN12NaO17. The predicted molar refractivity (Wildman–Crippen MR) is 367 cm³/mol. The minimum atomic E-state index is -1.23. The summed E-state index contributed by atoms with van der Waals surface area (Å²) in [7, 11) is -1.00. The molecule has 0 aliphatic carbocycles. The molecule has 522 valence electrons. The standard InChI is InChI=1S/2C8H14BrNO3.2C8H12BrNO2.C8H12N4O2.C4H6Br2O.C4H9NO2.C3H5ClO2.CH3F.CH4.N3.Na/c2*1-7(2,9)5(11)10-8(3,4)6(12)13;2*1-7(2,9)5-10-8(3,4)6(11)12-5;1-7(2,11-12-9)5-10-8(3,4)6(13)14-5;1-4(2,6)3(5)7;1-4(2,5)3(6)7;1-2-6-3(4)5;1-2;;1-3-2;/h2*1-4H3,(H,10,11)(H,12,13);2*1-4H3;1-4H3;1-2H3;5H2,1-2H3,(H,6,7);2H2,1H3;1H3;1H4;;/q;;;;;;;;;;-1;+1/i;;;;;;;;1D;;;. The molecule has 2 amide bonds. The summed E-state index contributed by atoms with van der Waals surface area (Å²) >= 11 is 23.7. The number of aliphatic imine (C=N–C) groups is 3. The number of aliphatic carboxylic acids is 3. The van der Waals surface area contributed by atoms with E-state index in [0.29, 0.717) is 18.4 Å². The van der Waals surface area contributed by atoms with E-state index in [1.165, 1.54) is 46.5 Å². The molecule has 7 N–H and O–H groups in total. The van der Waals surface area contributed by atoms with Gasteiger partial charge in [-0.25, -0.2) is 43.7 Å². The molecule has 0 aromatic carbocycles. The second-order valence-corrected chi connectivity index (χ2v) is 35.0. The quantitative estimate of drug-likeness (QED) is 0.0146. The van der Waals surface area contributed by atoms with Crippen LogP contribution in [0.1, 0.15) is 182 Å². The van der Waals surface area contributed by atoms with Gasteiger partial charge in [-0.2, -0.15) is 0 Å². The zero-order valence-electron chi connectivity index (χ0n) is 56.6. The molecule has 91 heavy (non-hydrogen) atoms. The Bertz CT molecular complexity index is 2540. The van der Waals surface area contributed by atoms with E-state index in [0.717, 1.165) is 0 Å². The van der Waals surface area contributed by atoms with Crippen molar-refractivity contribution in [2.24, 2.45) is 25.8 Å². The van der Waals surface area contributed by atoms with E-state index in [9.17, 15) is 52.3 Å². The number of hydrogen-bond donors (Lipinski definition) is 6. The number of hydrogen-bond acceptors (Lipinski definition) is 19. The number of azide groups is 1. The fourth-order valence-electron chi connectivity index (χ4n) is 3.62. The number of nitrogens with zero attached hydrogens (tertiary/aromatic N) is 9. The first-order chi connectivity index (χ1) is 39.4. The van der Waals surface area contributed by atoms with Crippen molar-refractivity contribution in [2.75, 3.05) is 13.8 Å². The number of nitrogens with one attached hydrogen (secondary N) is 2. The smallest absolute Gasteiger partial charge is 0.480 e. The Balaban J connectivity index is -0.000000122. The Morgan fingerprint density at radius 1 is 0.615 bits per heavy atom. The maximum atomic E-state index is 11.4.